The lowest BCUT2D eigenvalue weighted by atomic mass is 9.72. The molecular formula is C26H33NOS. The molecule has 3 rings (SSSR count). The van der Waals surface area contributed by atoms with Crippen LogP contribution in [0.1, 0.15) is 69.1 Å². The summed E-state index contributed by atoms with van der Waals surface area (Å²) in [5, 5.41) is 1.20. The molecule has 0 saturated carbocycles. The Balaban J connectivity index is 1.83. The highest BCUT2D eigenvalue weighted by Gasteiger charge is 2.26. The average molecular weight is 408 g/mol. The molecule has 0 fully saturated rings. The molecule has 29 heavy (non-hydrogen) atoms. The van der Waals surface area contributed by atoms with Crippen LogP contribution in [0.25, 0.3) is 16.2 Å². The van der Waals surface area contributed by atoms with Crippen molar-refractivity contribution in [1.82, 2.24) is 4.90 Å². The zero-order valence-electron chi connectivity index (χ0n) is 18.6. The lowest BCUT2D eigenvalue weighted by Gasteiger charge is -2.32. The Bertz CT molecular complexity index is 1000. The Morgan fingerprint density at radius 1 is 1.28 bits per heavy atom. The minimum atomic E-state index is 0.0812. The molecule has 1 aliphatic rings. The zero-order chi connectivity index (χ0) is 21.2. The van der Waals surface area contributed by atoms with Gasteiger partial charge in [-0.2, -0.15) is 0 Å². The second-order valence-electron chi connectivity index (χ2n) is 8.87. The van der Waals surface area contributed by atoms with E-state index in [9.17, 15) is 4.79 Å². The highest BCUT2D eigenvalue weighted by molar-refractivity contribution is 7.19. The Morgan fingerprint density at radius 2 is 2.03 bits per heavy atom. The first-order valence-corrected chi connectivity index (χ1v) is 11.4. The number of rotatable bonds is 5. The quantitative estimate of drug-likeness (QED) is 0.470. The summed E-state index contributed by atoms with van der Waals surface area (Å²) in [7, 11) is 1.84. The van der Waals surface area contributed by atoms with Crippen LogP contribution in [0, 0.1) is 5.41 Å². The lowest BCUT2D eigenvalue weighted by molar-refractivity contribution is 0.0802. The van der Waals surface area contributed by atoms with Crippen LogP contribution in [0.5, 0.6) is 0 Å². The molecule has 154 valence electrons. The van der Waals surface area contributed by atoms with Crippen molar-refractivity contribution in [2.24, 2.45) is 5.41 Å². The second-order valence-corrected chi connectivity index (χ2v) is 9.99. The number of hydrogen-bond donors (Lipinski definition) is 0. The molecular weight excluding hydrogens is 374 g/mol. The minimum Gasteiger partial charge on any atom is -0.342 e. The molecule has 0 N–H and O–H groups in total. The van der Waals surface area contributed by atoms with Crippen molar-refractivity contribution in [1.29, 1.82) is 0 Å². The number of fused-ring (bicyclic) bond motifs is 1. The van der Waals surface area contributed by atoms with Crippen molar-refractivity contribution < 1.29 is 4.79 Å². The topological polar surface area (TPSA) is 20.3 Å². The Morgan fingerprint density at radius 3 is 2.72 bits per heavy atom. The molecule has 0 bridgehead atoms. The molecule has 3 heteroatoms. The van der Waals surface area contributed by atoms with E-state index in [1.807, 2.05) is 26.1 Å². The number of amides is 1. The van der Waals surface area contributed by atoms with Gasteiger partial charge in [-0.3, -0.25) is 4.79 Å². The molecule has 1 aliphatic carbocycles. The number of benzene rings is 1. The Labute approximate surface area is 179 Å². The van der Waals surface area contributed by atoms with Gasteiger partial charge in [0.25, 0.3) is 5.91 Å². The van der Waals surface area contributed by atoms with Crippen LogP contribution in [-0.2, 0) is 0 Å². The predicted octanol–water partition coefficient (Wildman–Crippen LogP) is 7.48. The molecule has 0 saturated heterocycles. The van der Waals surface area contributed by atoms with Gasteiger partial charge in [-0.15, -0.1) is 11.3 Å². The molecule has 1 aromatic heterocycles. The maximum absolute atomic E-state index is 12.4. The van der Waals surface area contributed by atoms with Crippen LogP contribution in [0.4, 0.5) is 0 Å². The standard InChI is InChI=1S/C26H33NOS/c1-7-27(6)25(28)21-12-11-20-16-22(29-24(20)17-21)15-18(2)10-13-23-19(3)9-8-14-26(23,4)5/h10-13,15-17H,7-9,14H2,1-6H3/b13-10?,18-15+. The first kappa shape index (κ1) is 21.6. The van der Waals surface area contributed by atoms with Crippen molar-refractivity contribution in [2.75, 3.05) is 13.6 Å². The maximum Gasteiger partial charge on any atom is 0.253 e. The highest BCUT2D eigenvalue weighted by Crippen LogP contribution is 2.41. The molecule has 0 spiro atoms. The summed E-state index contributed by atoms with van der Waals surface area (Å²) in [6.45, 7) is 11.9. The summed E-state index contributed by atoms with van der Waals surface area (Å²) < 4.78 is 1.16. The van der Waals surface area contributed by atoms with Gasteiger partial charge in [0.05, 0.1) is 0 Å². The minimum absolute atomic E-state index is 0.0812. The number of nitrogens with zero attached hydrogens (tertiary/aromatic N) is 1. The Hall–Kier alpha value is -2.13. The smallest absolute Gasteiger partial charge is 0.253 e. The lowest BCUT2D eigenvalue weighted by Crippen LogP contribution is -2.26. The van der Waals surface area contributed by atoms with Crippen molar-refractivity contribution in [3.8, 4) is 0 Å². The monoisotopic (exact) mass is 407 g/mol. The normalized spacial score (nSPS) is 17.4. The van der Waals surface area contributed by atoms with Crippen molar-refractivity contribution >= 4 is 33.4 Å². The third kappa shape index (κ3) is 4.90. The fraction of sp³-hybridized carbons (Fsp3) is 0.423. The first-order valence-electron chi connectivity index (χ1n) is 10.6. The molecule has 2 aromatic rings. The maximum atomic E-state index is 12.4. The third-order valence-electron chi connectivity index (χ3n) is 6.03. The third-order valence-corrected chi connectivity index (χ3v) is 7.08. The van der Waals surface area contributed by atoms with E-state index >= 15 is 0 Å². The fourth-order valence-corrected chi connectivity index (χ4v) is 5.23. The van der Waals surface area contributed by atoms with Crippen LogP contribution in [0.3, 0.4) is 0 Å². The predicted molar refractivity (Wildman–Crippen MR) is 128 cm³/mol. The van der Waals surface area contributed by atoms with Gasteiger partial charge in [-0.25, -0.2) is 0 Å². The van der Waals surface area contributed by atoms with E-state index in [1.54, 1.807) is 16.2 Å². The van der Waals surface area contributed by atoms with E-state index in [0.717, 1.165) is 10.3 Å². The van der Waals surface area contributed by atoms with Gasteiger partial charge in [0.1, 0.15) is 0 Å². The van der Waals surface area contributed by atoms with E-state index in [-0.39, 0.29) is 11.3 Å². The van der Waals surface area contributed by atoms with Gasteiger partial charge in [-0.05, 0) is 86.3 Å². The molecule has 1 heterocycles. The molecule has 0 aliphatic heterocycles. The SMILES string of the molecule is CCN(C)C(=O)c1ccc2cc(/C=C(\C)C=CC3=C(C)CCCC3(C)C)sc2c1. The van der Waals surface area contributed by atoms with E-state index < -0.39 is 0 Å². The summed E-state index contributed by atoms with van der Waals surface area (Å²) in [5.41, 5.74) is 5.31. The van der Waals surface area contributed by atoms with Crippen LogP contribution < -0.4 is 0 Å². The summed E-state index contributed by atoms with van der Waals surface area (Å²) >= 11 is 1.75. The molecule has 2 nitrogen and oxygen atoms in total. The van der Waals surface area contributed by atoms with Crippen LogP contribution in [0.15, 0.2) is 53.1 Å². The number of allylic oxidation sites excluding steroid dienone is 5. The van der Waals surface area contributed by atoms with Gasteiger partial charge >= 0.3 is 0 Å². The van der Waals surface area contributed by atoms with Crippen molar-refractivity contribution in [3.05, 3.63) is 63.6 Å². The van der Waals surface area contributed by atoms with Crippen molar-refractivity contribution in [3.63, 3.8) is 0 Å². The first-order chi connectivity index (χ1) is 13.7. The van der Waals surface area contributed by atoms with E-state index in [4.69, 9.17) is 0 Å². The van der Waals surface area contributed by atoms with Crippen molar-refractivity contribution in [2.45, 2.75) is 53.9 Å². The molecule has 0 unspecified atom stereocenters. The summed E-state index contributed by atoms with van der Waals surface area (Å²) in [6.07, 6.45) is 10.6. The van der Waals surface area contributed by atoms with Gasteiger partial charge in [0.2, 0.25) is 0 Å². The number of carbonyl (C=O) groups excluding carboxylic acids is 1. The van der Waals surface area contributed by atoms with E-state index in [1.165, 1.54) is 46.2 Å². The average Bonchev–Trinajstić information content (AvgIpc) is 3.07. The summed E-state index contributed by atoms with van der Waals surface area (Å²) in [4.78, 5) is 15.4. The van der Waals surface area contributed by atoms with Crippen LogP contribution >= 0.6 is 11.3 Å². The van der Waals surface area contributed by atoms with Crippen LogP contribution in [-0.4, -0.2) is 24.4 Å². The molecule has 1 aromatic carbocycles. The van der Waals surface area contributed by atoms with E-state index in [2.05, 4.69) is 58.1 Å². The molecule has 0 radical (unpaired) electrons. The molecule has 0 atom stereocenters. The summed E-state index contributed by atoms with van der Waals surface area (Å²) in [5.74, 6) is 0.0812. The van der Waals surface area contributed by atoms with Crippen LogP contribution in [0.2, 0.25) is 0 Å². The summed E-state index contributed by atoms with van der Waals surface area (Å²) in [6, 6.07) is 8.23. The Kier molecular flexibility index (Phi) is 6.48. The second kappa shape index (κ2) is 8.71. The highest BCUT2D eigenvalue weighted by atomic mass is 32.1. The largest absolute Gasteiger partial charge is 0.342 e. The number of hydrogen-bond acceptors (Lipinski definition) is 2. The number of carbonyl (C=O) groups is 1. The number of thiophene rings is 1. The van der Waals surface area contributed by atoms with Gasteiger partial charge < -0.3 is 4.90 Å². The zero-order valence-corrected chi connectivity index (χ0v) is 19.5. The van der Waals surface area contributed by atoms with Gasteiger partial charge in [0.15, 0.2) is 0 Å². The molecule has 1 amide bonds. The van der Waals surface area contributed by atoms with Gasteiger partial charge in [-0.1, -0.05) is 37.6 Å². The fourth-order valence-electron chi connectivity index (χ4n) is 4.12. The van der Waals surface area contributed by atoms with E-state index in [0.29, 0.717) is 6.54 Å². The van der Waals surface area contributed by atoms with Gasteiger partial charge in [0, 0.05) is 28.7 Å².